The average Bonchev–Trinajstić information content (AvgIpc) is 3.73. The van der Waals surface area contributed by atoms with Gasteiger partial charge in [0, 0.05) is 33.9 Å². The smallest absolute Gasteiger partial charge is 0.247 e. The Morgan fingerprint density at radius 3 is 2.12 bits per heavy atom. The van der Waals surface area contributed by atoms with Crippen molar-refractivity contribution in [3.63, 3.8) is 0 Å². The van der Waals surface area contributed by atoms with E-state index in [0.717, 1.165) is 39.2 Å². The van der Waals surface area contributed by atoms with Gasteiger partial charge in [-0.1, -0.05) is 117 Å². The molecule has 5 heteroatoms. The van der Waals surface area contributed by atoms with Crippen molar-refractivity contribution in [2.24, 2.45) is 0 Å². The van der Waals surface area contributed by atoms with Crippen molar-refractivity contribution >= 4 is 43.5 Å². The third-order valence-corrected chi connectivity index (χ3v) is 10.9. The van der Waals surface area contributed by atoms with Crippen molar-refractivity contribution in [1.29, 1.82) is 0 Å². The van der Waals surface area contributed by atoms with Crippen LogP contribution in [-0.4, -0.2) is 19.9 Å². The number of rotatable bonds is 4. The van der Waals surface area contributed by atoms with E-state index >= 15 is 0 Å². The standard InChI is InChI=1S/C47H30N4O/c1-47(2)37-13-4-3-12-33(37)34-20-19-30(25-38(34)47)40-26-41(35-21-17-29-16-15-27-8-5-9-28-18-22-36(35)43(29)42(27)28)50-44(49-40)31-10-6-11-32(24-31)45-51-39-14-7-23-48-46(39)52-45/h3-26H,1-2H3. The molecule has 11 rings (SSSR count). The van der Waals surface area contributed by atoms with Crippen LogP contribution in [0.3, 0.4) is 0 Å². The maximum atomic E-state index is 6.06. The molecule has 0 aliphatic heterocycles. The molecule has 0 N–H and O–H groups in total. The van der Waals surface area contributed by atoms with Crippen LogP contribution < -0.4 is 0 Å². The Kier molecular flexibility index (Phi) is 5.95. The molecule has 3 aromatic heterocycles. The van der Waals surface area contributed by atoms with Gasteiger partial charge in [-0.15, -0.1) is 0 Å². The third-order valence-electron chi connectivity index (χ3n) is 10.9. The van der Waals surface area contributed by atoms with E-state index < -0.39 is 0 Å². The summed E-state index contributed by atoms with van der Waals surface area (Å²) in [7, 11) is 0. The molecule has 10 aromatic rings. The minimum Gasteiger partial charge on any atom is -0.418 e. The van der Waals surface area contributed by atoms with Crippen LogP contribution in [0.15, 0.2) is 150 Å². The molecular formula is C47H30N4O. The molecule has 0 amide bonds. The van der Waals surface area contributed by atoms with Gasteiger partial charge in [0.1, 0.15) is 5.52 Å². The highest BCUT2D eigenvalue weighted by atomic mass is 16.4. The van der Waals surface area contributed by atoms with Gasteiger partial charge in [0.25, 0.3) is 0 Å². The number of aromatic nitrogens is 4. The zero-order valence-corrected chi connectivity index (χ0v) is 28.6. The molecule has 0 saturated heterocycles. The zero-order valence-electron chi connectivity index (χ0n) is 28.6. The number of nitrogens with zero attached hydrogens (tertiary/aromatic N) is 4. The molecular weight excluding hydrogens is 637 g/mol. The first kappa shape index (κ1) is 29.1. The minimum atomic E-state index is -0.129. The van der Waals surface area contributed by atoms with Crippen molar-refractivity contribution in [2.45, 2.75) is 19.3 Å². The monoisotopic (exact) mass is 666 g/mol. The topological polar surface area (TPSA) is 64.7 Å². The Labute approximate surface area is 299 Å². The molecule has 0 fully saturated rings. The van der Waals surface area contributed by atoms with E-state index in [-0.39, 0.29) is 5.41 Å². The van der Waals surface area contributed by atoms with Crippen LogP contribution in [-0.2, 0) is 5.41 Å². The summed E-state index contributed by atoms with van der Waals surface area (Å²) in [5.74, 6) is 1.15. The van der Waals surface area contributed by atoms with Crippen molar-refractivity contribution in [1.82, 2.24) is 19.9 Å². The maximum absolute atomic E-state index is 6.06. The third kappa shape index (κ3) is 4.23. The number of benzene rings is 7. The number of hydrogen-bond acceptors (Lipinski definition) is 5. The molecule has 5 nitrogen and oxygen atoms in total. The van der Waals surface area contributed by atoms with Crippen LogP contribution in [0.1, 0.15) is 25.0 Å². The van der Waals surface area contributed by atoms with E-state index in [0.29, 0.717) is 17.4 Å². The Morgan fingerprint density at radius 1 is 0.500 bits per heavy atom. The van der Waals surface area contributed by atoms with Crippen molar-refractivity contribution in [3.8, 4) is 56.5 Å². The number of oxazole rings is 1. The lowest BCUT2D eigenvalue weighted by Gasteiger charge is -2.22. The summed E-state index contributed by atoms with van der Waals surface area (Å²) in [5, 5.41) is 7.43. The number of fused-ring (bicyclic) bond motifs is 4. The Hall–Kier alpha value is -6.72. The predicted molar refractivity (Wildman–Crippen MR) is 210 cm³/mol. The fraction of sp³-hybridized carbons (Fsp3) is 0.0638. The van der Waals surface area contributed by atoms with Gasteiger partial charge < -0.3 is 4.42 Å². The summed E-state index contributed by atoms with van der Waals surface area (Å²) in [6, 6.07) is 49.5. The van der Waals surface area contributed by atoms with Gasteiger partial charge in [0.2, 0.25) is 11.6 Å². The summed E-state index contributed by atoms with van der Waals surface area (Å²) < 4.78 is 6.06. The van der Waals surface area contributed by atoms with E-state index in [2.05, 4.69) is 134 Å². The summed E-state index contributed by atoms with van der Waals surface area (Å²) in [5.41, 5.74) is 11.9. The molecule has 244 valence electrons. The summed E-state index contributed by atoms with van der Waals surface area (Å²) in [6.07, 6.45) is 1.71. The van der Waals surface area contributed by atoms with Crippen LogP contribution in [0.25, 0.3) is 100 Å². The van der Waals surface area contributed by atoms with E-state index in [9.17, 15) is 0 Å². The summed E-state index contributed by atoms with van der Waals surface area (Å²) in [4.78, 5) is 19.7. The predicted octanol–water partition coefficient (Wildman–Crippen LogP) is 11.9. The molecule has 1 aliphatic carbocycles. The van der Waals surface area contributed by atoms with Crippen LogP contribution in [0.4, 0.5) is 0 Å². The van der Waals surface area contributed by atoms with Gasteiger partial charge in [-0.25, -0.2) is 19.9 Å². The number of hydrogen-bond donors (Lipinski definition) is 0. The highest BCUT2D eigenvalue weighted by molar-refractivity contribution is 6.25. The Morgan fingerprint density at radius 2 is 1.23 bits per heavy atom. The maximum Gasteiger partial charge on any atom is 0.247 e. The van der Waals surface area contributed by atoms with Gasteiger partial charge in [-0.3, -0.25) is 0 Å². The fourth-order valence-electron chi connectivity index (χ4n) is 8.37. The fourth-order valence-corrected chi connectivity index (χ4v) is 8.37. The first-order valence-electron chi connectivity index (χ1n) is 17.6. The largest absolute Gasteiger partial charge is 0.418 e. The van der Waals surface area contributed by atoms with Crippen molar-refractivity contribution in [2.75, 3.05) is 0 Å². The van der Waals surface area contributed by atoms with E-state index in [1.165, 1.54) is 54.6 Å². The van der Waals surface area contributed by atoms with Crippen LogP contribution in [0, 0.1) is 0 Å². The Balaban J connectivity index is 1.13. The molecule has 0 bridgehead atoms. The molecule has 3 heterocycles. The normalized spacial score (nSPS) is 13.3. The second-order valence-corrected chi connectivity index (χ2v) is 14.3. The highest BCUT2D eigenvalue weighted by Crippen LogP contribution is 2.49. The average molecular weight is 667 g/mol. The lowest BCUT2D eigenvalue weighted by Crippen LogP contribution is -2.14. The van der Waals surface area contributed by atoms with Crippen molar-refractivity contribution < 1.29 is 4.42 Å². The first-order valence-corrected chi connectivity index (χ1v) is 17.6. The van der Waals surface area contributed by atoms with Crippen LogP contribution >= 0.6 is 0 Å². The van der Waals surface area contributed by atoms with E-state index in [1.54, 1.807) is 6.20 Å². The molecule has 0 radical (unpaired) electrons. The van der Waals surface area contributed by atoms with Gasteiger partial charge in [-0.05, 0) is 91.0 Å². The van der Waals surface area contributed by atoms with Gasteiger partial charge in [0.15, 0.2) is 5.82 Å². The molecule has 52 heavy (non-hydrogen) atoms. The van der Waals surface area contributed by atoms with Gasteiger partial charge in [-0.2, -0.15) is 0 Å². The molecule has 0 saturated carbocycles. The number of pyridine rings is 1. The molecule has 0 spiro atoms. The zero-order chi connectivity index (χ0) is 34.6. The summed E-state index contributed by atoms with van der Waals surface area (Å²) >= 11 is 0. The van der Waals surface area contributed by atoms with Crippen LogP contribution in [0.5, 0.6) is 0 Å². The first-order chi connectivity index (χ1) is 25.5. The molecule has 7 aromatic carbocycles. The minimum absolute atomic E-state index is 0.129. The van der Waals surface area contributed by atoms with E-state index in [4.69, 9.17) is 19.4 Å². The summed E-state index contributed by atoms with van der Waals surface area (Å²) in [6.45, 7) is 4.63. The lowest BCUT2D eigenvalue weighted by atomic mass is 9.82. The SMILES string of the molecule is CC1(C)c2ccccc2-c2ccc(-c3cc(-c4ccc5ccc6cccc7ccc4c5c67)nc(-c4cccc(-c5nc6cccnc6o5)c4)n3)cc21. The van der Waals surface area contributed by atoms with E-state index in [1.807, 2.05) is 24.3 Å². The lowest BCUT2D eigenvalue weighted by molar-refractivity contribution is 0.608. The van der Waals surface area contributed by atoms with Gasteiger partial charge in [0.05, 0.1) is 11.4 Å². The second kappa shape index (κ2) is 10.6. The Bertz CT molecular complexity index is 3020. The second-order valence-electron chi connectivity index (χ2n) is 14.3. The van der Waals surface area contributed by atoms with Crippen molar-refractivity contribution in [3.05, 3.63) is 157 Å². The molecule has 0 atom stereocenters. The van der Waals surface area contributed by atoms with Crippen LogP contribution in [0.2, 0.25) is 0 Å². The molecule has 0 unspecified atom stereocenters. The quantitative estimate of drug-likeness (QED) is 0.175. The molecule has 1 aliphatic rings. The van der Waals surface area contributed by atoms with Gasteiger partial charge >= 0.3 is 0 Å². The highest BCUT2D eigenvalue weighted by Gasteiger charge is 2.35.